The van der Waals surface area contributed by atoms with E-state index in [-0.39, 0.29) is 5.91 Å². The standard InChI is InChI=1S/C15H20BrClN2O/c1-18-7-4-11-5-8-19(9-6-11)15(20)13-10-12(17)2-3-14(13)16/h2-3,10-11,18H,4-9H2,1H3. The number of amides is 1. The molecule has 0 radical (unpaired) electrons. The Morgan fingerprint density at radius 1 is 1.45 bits per heavy atom. The van der Waals surface area contributed by atoms with Crippen molar-refractivity contribution in [2.45, 2.75) is 19.3 Å². The highest BCUT2D eigenvalue weighted by Gasteiger charge is 2.24. The summed E-state index contributed by atoms with van der Waals surface area (Å²) in [5.74, 6) is 0.806. The fourth-order valence-corrected chi connectivity index (χ4v) is 3.19. The van der Waals surface area contributed by atoms with Crippen LogP contribution in [0.15, 0.2) is 22.7 Å². The summed E-state index contributed by atoms with van der Waals surface area (Å²) < 4.78 is 0.809. The third-order valence-corrected chi connectivity index (χ3v) is 4.79. The molecule has 1 N–H and O–H groups in total. The minimum absolute atomic E-state index is 0.0754. The molecule has 0 aromatic heterocycles. The Hall–Kier alpha value is -0.580. The zero-order valence-electron chi connectivity index (χ0n) is 11.7. The van der Waals surface area contributed by atoms with Crippen LogP contribution in [0.25, 0.3) is 0 Å². The molecule has 2 rings (SSSR count). The average molecular weight is 360 g/mol. The minimum atomic E-state index is 0.0754. The number of nitrogens with one attached hydrogen (secondary N) is 1. The zero-order chi connectivity index (χ0) is 14.5. The third-order valence-electron chi connectivity index (χ3n) is 3.86. The fourth-order valence-electron chi connectivity index (χ4n) is 2.60. The van der Waals surface area contributed by atoms with Crippen LogP contribution in [-0.4, -0.2) is 37.5 Å². The number of carbonyl (C=O) groups excluding carboxylic acids is 1. The minimum Gasteiger partial charge on any atom is -0.339 e. The van der Waals surface area contributed by atoms with Crippen molar-refractivity contribution in [3.8, 4) is 0 Å². The monoisotopic (exact) mass is 358 g/mol. The molecule has 3 nitrogen and oxygen atoms in total. The van der Waals surface area contributed by atoms with Gasteiger partial charge in [0.15, 0.2) is 0 Å². The van der Waals surface area contributed by atoms with Crippen LogP contribution in [-0.2, 0) is 0 Å². The first-order valence-electron chi connectivity index (χ1n) is 7.00. The quantitative estimate of drug-likeness (QED) is 0.891. The van der Waals surface area contributed by atoms with Gasteiger partial charge in [-0.3, -0.25) is 4.79 Å². The maximum absolute atomic E-state index is 12.5. The summed E-state index contributed by atoms with van der Waals surface area (Å²) in [6.07, 6.45) is 3.37. The van der Waals surface area contributed by atoms with E-state index in [9.17, 15) is 4.79 Å². The largest absolute Gasteiger partial charge is 0.339 e. The summed E-state index contributed by atoms with van der Waals surface area (Å²) in [5, 5.41) is 3.78. The highest BCUT2D eigenvalue weighted by Crippen LogP contribution is 2.26. The number of piperidine rings is 1. The Labute approximate surface area is 133 Å². The molecular formula is C15H20BrClN2O. The van der Waals surface area contributed by atoms with Crippen molar-refractivity contribution in [1.82, 2.24) is 10.2 Å². The van der Waals surface area contributed by atoms with E-state index in [4.69, 9.17) is 11.6 Å². The van der Waals surface area contributed by atoms with E-state index in [0.29, 0.717) is 10.6 Å². The molecule has 1 saturated heterocycles. The van der Waals surface area contributed by atoms with Gasteiger partial charge in [-0.05, 0) is 72.9 Å². The zero-order valence-corrected chi connectivity index (χ0v) is 14.0. The second-order valence-electron chi connectivity index (χ2n) is 5.25. The van der Waals surface area contributed by atoms with Crippen LogP contribution in [0.1, 0.15) is 29.6 Å². The molecule has 1 aliphatic rings. The van der Waals surface area contributed by atoms with E-state index in [2.05, 4.69) is 21.2 Å². The van der Waals surface area contributed by atoms with E-state index in [1.165, 1.54) is 6.42 Å². The van der Waals surface area contributed by atoms with E-state index >= 15 is 0 Å². The van der Waals surface area contributed by atoms with Gasteiger partial charge < -0.3 is 10.2 Å². The van der Waals surface area contributed by atoms with Gasteiger partial charge in [0, 0.05) is 22.6 Å². The SMILES string of the molecule is CNCCC1CCN(C(=O)c2cc(Cl)ccc2Br)CC1. The molecule has 5 heteroatoms. The van der Waals surface area contributed by atoms with Crippen molar-refractivity contribution in [2.24, 2.45) is 5.92 Å². The molecule has 0 atom stereocenters. The van der Waals surface area contributed by atoms with Crippen LogP contribution in [0.3, 0.4) is 0 Å². The smallest absolute Gasteiger partial charge is 0.255 e. The second kappa shape index (κ2) is 7.43. The summed E-state index contributed by atoms with van der Waals surface area (Å²) in [6.45, 7) is 2.73. The normalized spacial score (nSPS) is 16.4. The lowest BCUT2D eigenvalue weighted by atomic mass is 9.93. The first kappa shape index (κ1) is 15.8. The lowest BCUT2D eigenvalue weighted by molar-refractivity contribution is 0.0686. The Kier molecular flexibility index (Phi) is 5.87. The Bertz CT molecular complexity index is 473. The molecule has 0 spiro atoms. The number of hydrogen-bond donors (Lipinski definition) is 1. The molecule has 1 aliphatic heterocycles. The van der Waals surface area contributed by atoms with Crippen LogP contribution < -0.4 is 5.32 Å². The Balaban J connectivity index is 1.96. The summed E-state index contributed by atoms with van der Waals surface area (Å²) in [6, 6.07) is 5.35. The van der Waals surface area contributed by atoms with Gasteiger partial charge in [0.05, 0.1) is 5.56 Å². The number of nitrogens with zero attached hydrogens (tertiary/aromatic N) is 1. The topological polar surface area (TPSA) is 32.3 Å². The Morgan fingerprint density at radius 2 is 2.15 bits per heavy atom. The molecule has 0 bridgehead atoms. The van der Waals surface area contributed by atoms with Crippen molar-refractivity contribution in [1.29, 1.82) is 0 Å². The van der Waals surface area contributed by atoms with Crippen LogP contribution in [0.5, 0.6) is 0 Å². The molecule has 0 unspecified atom stereocenters. The maximum Gasteiger partial charge on any atom is 0.255 e. The number of carbonyl (C=O) groups is 1. The average Bonchev–Trinajstić information content (AvgIpc) is 2.47. The van der Waals surface area contributed by atoms with Gasteiger partial charge in [-0.1, -0.05) is 11.6 Å². The summed E-state index contributed by atoms with van der Waals surface area (Å²) in [5.41, 5.74) is 0.658. The van der Waals surface area contributed by atoms with Gasteiger partial charge in [-0.15, -0.1) is 0 Å². The lowest BCUT2D eigenvalue weighted by Gasteiger charge is -2.32. The predicted octanol–water partition coefficient (Wildman–Crippen LogP) is 3.56. The number of rotatable bonds is 4. The molecule has 1 aromatic carbocycles. The summed E-state index contributed by atoms with van der Waals surface area (Å²) in [7, 11) is 1.98. The molecule has 0 saturated carbocycles. The molecular weight excluding hydrogens is 340 g/mol. The first-order valence-corrected chi connectivity index (χ1v) is 8.18. The molecule has 0 aliphatic carbocycles. The van der Waals surface area contributed by atoms with Gasteiger partial charge in [0.1, 0.15) is 0 Å². The summed E-state index contributed by atoms with van der Waals surface area (Å²) in [4.78, 5) is 14.5. The van der Waals surface area contributed by atoms with Gasteiger partial charge >= 0.3 is 0 Å². The number of hydrogen-bond acceptors (Lipinski definition) is 2. The van der Waals surface area contributed by atoms with Crippen LogP contribution in [0.2, 0.25) is 5.02 Å². The van der Waals surface area contributed by atoms with Crippen LogP contribution in [0, 0.1) is 5.92 Å². The number of halogens is 2. The number of likely N-dealkylation sites (tertiary alicyclic amines) is 1. The van der Waals surface area contributed by atoms with Crippen molar-refractivity contribution in [3.63, 3.8) is 0 Å². The third kappa shape index (κ3) is 3.96. The molecule has 20 heavy (non-hydrogen) atoms. The van der Waals surface area contributed by atoms with Crippen molar-refractivity contribution < 1.29 is 4.79 Å². The van der Waals surface area contributed by atoms with E-state index in [0.717, 1.165) is 42.9 Å². The fraction of sp³-hybridized carbons (Fsp3) is 0.533. The molecule has 1 aromatic rings. The highest BCUT2D eigenvalue weighted by atomic mass is 79.9. The first-order chi connectivity index (χ1) is 9.61. The van der Waals surface area contributed by atoms with Crippen LogP contribution >= 0.6 is 27.5 Å². The van der Waals surface area contributed by atoms with Crippen molar-refractivity contribution >= 4 is 33.4 Å². The van der Waals surface area contributed by atoms with E-state index in [1.807, 2.05) is 18.0 Å². The molecule has 1 amide bonds. The molecule has 1 heterocycles. The van der Waals surface area contributed by atoms with Crippen molar-refractivity contribution in [3.05, 3.63) is 33.3 Å². The van der Waals surface area contributed by atoms with Gasteiger partial charge in [0.25, 0.3) is 5.91 Å². The van der Waals surface area contributed by atoms with Gasteiger partial charge in [-0.2, -0.15) is 0 Å². The van der Waals surface area contributed by atoms with Gasteiger partial charge in [-0.25, -0.2) is 0 Å². The Morgan fingerprint density at radius 3 is 2.80 bits per heavy atom. The van der Waals surface area contributed by atoms with E-state index < -0.39 is 0 Å². The molecule has 1 fully saturated rings. The summed E-state index contributed by atoms with van der Waals surface area (Å²) >= 11 is 9.41. The maximum atomic E-state index is 12.5. The highest BCUT2D eigenvalue weighted by molar-refractivity contribution is 9.10. The molecule has 110 valence electrons. The number of benzene rings is 1. The lowest BCUT2D eigenvalue weighted by Crippen LogP contribution is -2.39. The van der Waals surface area contributed by atoms with Crippen molar-refractivity contribution in [2.75, 3.05) is 26.7 Å². The predicted molar refractivity (Wildman–Crippen MR) is 86.3 cm³/mol. The van der Waals surface area contributed by atoms with E-state index in [1.54, 1.807) is 12.1 Å². The van der Waals surface area contributed by atoms with Crippen LogP contribution in [0.4, 0.5) is 0 Å². The van der Waals surface area contributed by atoms with Gasteiger partial charge in [0.2, 0.25) is 0 Å². The second-order valence-corrected chi connectivity index (χ2v) is 6.54.